The molecule has 2 aliphatic heterocycles. The molecule has 0 atom stereocenters. The first-order chi connectivity index (χ1) is 28.5. The SMILES string of the molecule is CC(C)(C)c1ccc2c(c1)B1c3cc(C(C)(C)C)ccc3N(c3c4c(cc5c3CCC5)CCC4)c3cccc(c31)N2c1cc(-c2ccccc2)cc(-c2ccccc2)c1. The van der Waals surface area contributed by atoms with Gasteiger partial charge in [0.1, 0.15) is 0 Å². The molecule has 2 nitrogen and oxygen atoms in total. The summed E-state index contributed by atoms with van der Waals surface area (Å²) in [7, 11) is 0. The lowest BCUT2D eigenvalue weighted by molar-refractivity contribution is 0.590. The second-order valence-corrected chi connectivity index (χ2v) is 19.6. The van der Waals surface area contributed by atoms with Gasteiger partial charge in [-0.15, -0.1) is 0 Å². The van der Waals surface area contributed by atoms with Crippen molar-refractivity contribution in [1.82, 2.24) is 0 Å². The predicted octanol–water partition coefficient (Wildman–Crippen LogP) is 12.7. The molecule has 0 saturated carbocycles. The van der Waals surface area contributed by atoms with Gasteiger partial charge in [0.05, 0.1) is 5.69 Å². The molecule has 0 unspecified atom stereocenters. The van der Waals surface area contributed by atoms with Crippen molar-refractivity contribution < 1.29 is 0 Å². The van der Waals surface area contributed by atoms with Gasteiger partial charge in [0.25, 0.3) is 6.71 Å². The van der Waals surface area contributed by atoms with Crippen LogP contribution >= 0.6 is 0 Å². The molecular formula is C56H53BN2. The Kier molecular flexibility index (Phi) is 8.22. The van der Waals surface area contributed by atoms with Crippen molar-refractivity contribution in [3.63, 3.8) is 0 Å². The Morgan fingerprint density at radius 1 is 0.424 bits per heavy atom. The maximum absolute atomic E-state index is 2.75. The molecule has 0 spiro atoms. The molecule has 7 aromatic carbocycles. The molecule has 290 valence electrons. The van der Waals surface area contributed by atoms with Crippen LogP contribution in [0.3, 0.4) is 0 Å². The van der Waals surface area contributed by atoms with Crippen LogP contribution in [-0.4, -0.2) is 6.71 Å². The summed E-state index contributed by atoms with van der Waals surface area (Å²) in [6.45, 7) is 14.2. The van der Waals surface area contributed by atoms with Crippen LogP contribution in [0.1, 0.15) is 87.8 Å². The van der Waals surface area contributed by atoms with Crippen molar-refractivity contribution in [1.29, 1.82) is 0 Å². The summed E-state index contributed by atoms with van der Waals surface area (Å²) < 4.78 is 0. The van der Waals surface area contributed by atoms with Gasteiger partial charge in [0.15, 0.2) is 0 Å². The summed E-state index contributed by atoms with van der Waals surface area (Å²) >= 11 is 0. The first kappa shape index (κ1) is 36.3. The standard InChI is InChI=1S/C56H53BN2/c1-55(2,3)42-26-28-49-47(34-42)57-48-35-43(56(4,5)6)27-29-50(48)59(54-45-22-13-20-38(45)30-39-21-14-23-46(39)54)52-25-15-24-51(53(52)57)58(49)44-32-40(36-16-9-7-10-17-36)31-41(33-44)37-18-11-8-12-19-37/h7-12,15-19,24-35H,13-14,20-23H2,1-6H3. The lowest BCUT2D eigenvalue weighted by Crippen LogP contribution is -2.61. The van der Waals surface area contributed by atoms with E-state index in [2.05, 4.69) is 191 Å². The third-order valence-electron chi connectivity index (χ3n) is 13.8. The molecule has 3 heteroatoms. The maximum Gasteiger partial charge on any atom is 0.252 e. The summed E-state index contributed by atoms with van der Waals surface area (Å²) in [5.74, 6) is 0. The van der Waals surface area contributed by atoms with Gasteiger partial charge in [-0.05, 0) is 164 Å². The van der Waals surface area contributed by atoms with Gasteiger partial charge in [-0.1, -0.05) is 139 Å². The summed E-state index contributed by atoms with van der Waals surface area (Å²) in [6, 6.07) is 53.7. The van der Waals surface area contributed by atoms with Crippen molar-refractivity contribution in [3.05, 3.63) is 173 Å². The van der Waals surface area contributed by atoms with Gasteiger partial charge in [0.2, 0.25) is 0 Å². The first-order valence-electron chi connectivity index (χ1n) is 22.0. The van der Waals surface area contributed by atoms with Crippen molar-refractivity contribution in [2.45, 2.75) is 90.9 Å². The maximum atomic E-state index is 2.75. The van der Waals surface area contributed by atoms with E-state index in [0.717, 1.165) is 12.8 Å². The van der Waals surface area contributed by atoms with E-state index in [1.807, 2.05) is 0 Å². The summed E-state index contributed by atoms with van der Waals surface area (Å²) in [6.07, 6.45) is 7.16. The molecule has 0 aromatic heterocycles. The van der Waals surface area contributed by atoms with E-state index in [1.54, 1.807) is 22.3 Å². The van der Waals surface area contributed by atoms with Gasteiger partial charge in [-0.25, -0.2) is 0 Å². The number of nitrogens with zero attached hydrogens (tertiary/aromatic N) is 2. The zero-order valence-corrected chi connectivity index (χ0v) is 35.5. The Labute approximate surface area is 351 Å². The zero-order valence-electron chi connectivity index (χ0n) is 35.5. The second kappa shape index (κ2) is 13.4. The van der Waals surface area contributed by atoms with E-state index in [-0.39, 0.29) is 17.5 Å². The molecule has 7 aromatic rings. The number of hydrogen-bond acceptors (Lipinski definition) is 2. The van der Waals surface area contributed by atoms with E-state index in [0.29, 0.717) is 0 Å². The Bertz CT molecular complexity index is 2710. The number of rotatable bonds is 4. The van der Waals surface area contributed by atoms with Gasteiger partial charge in [-0.2, -0.15) is 0 Å². The van der Waals surface area contributed by atoms with Crippen LogP contribution in [0.25, 0.3) is 22.3 Å². The summed E-state index contributed by atoms with van der Waals surface area (Å²) in [4.78, 5) is 5.35. The Morgan fingerprint density at radius 2 is 0.915 bits per heavy atom. The Morgan fingerprint density at radius 3 is 1.42 bits per heavy atom. The highest BCUT2D eigenvalue weighted by Crippen LogP contribution is 2.50. The van der Waals surface area contributed by atoms with Gasteiger partial charge in [-0.3, -0.25) is 0 Å². The molecule has 2 heterocycles. The molecule has 0 bridgehead atoms. The molecular weight excluding hydrogens is 711 g/mol. The van der Waals surface area contributed by atoms with E-state index >= 15 is 0 Å². The van der Waals surface area contributed by atoms with Crippen LogP contribution < -0.4 is 26.2 Å². The topological polar surface area (TPSA) is 6.48 Å². The number of hydrogen-bond donors (Lipinski definition) is 0. The molecule has 0 N–H and O–H groups in total. The fourth-order valence-corrected chi connectivity index (χ4v) is 10.8. The van der Waals surface area contributed by atoms with E-state index in [4.69, 9.17) is 0 Å². The van der Waals surface area contributed by atoms with Gasteiger partial charge >= 0.3 is 0 Å². The van der Waals surface area contributed by atoms with E-state index < -0.39 is 0 Å². The fraction of sp³-hybridized carbons (Fsp3) is 0.250. The number of benzene rings is 7. The highest BCUT2D eigenvalue weighted by molar-refractivity contribution is 7.00. The molecule has 4 aliphatic rings. The molecule has 0 saturated heterocycles. The highest BCUT2D eigenvalue weighted by Gasteiger charge is 2.45. The molecule has 0 amide bonds. The normalized spacial score (nSPS) is 15.1. The van der Waals surface area contributed by atoms with Gasteiger partial charge in [0, 0.05) is 28.4 Å². The van der Waals surface area contributed by atoms with Crippen LogP contribution in [-0.2, 0) is 36.5 Å². The average Bonchev–Trinajstić information content (AvgIpc) is 3.92. The minimum atomic E-state index is -0.00467. The van der Waals surface area contributed by atoms with Crippen molar-refractivity contribution in [3.8, 4) is 22.3 Å². The average molecular weight is 765 g/mol. The fourth-order valence-electron chi connectivity index (χ4n) is 10.8. The van der Waals surface area contributed by atoms with Crippen molar-refractivity contribution in [2.75, 3.05) is 9.80 Å². The first-order valence-corrected chi connectivity index (χ1v) is 22.0. The van der Waals surface area contributed by atoms with Crippen LogP contribution in [0.4, 0.5) is 34.1 Å². The summed E-state index contributed by atoms with van der Waals surface area (Å²) in [5, 5.41) is 0. The predicted molar refractivity (Wildman–Crippen MR) is 253 cm³/mol. The van der Waals surface area contributed by atoms with Crippen molar-refractivity contribution in [2.24, 2.45) is 0 Å². The van der Waals surface area contributed by atoms with Crippen LogP contribution in [0, 0.1) is 0 Å². The zero-order chi connectivity index (χ0) is 40.2. The van der Waals surface area contributed by atoms with Gasteiger partial charge < -0.3 is 9.80 Å². The monoisotopic (exact) mass is 764 g/mol. The van der Waals surface area contributed by atoms with Crippen LogP contribution in [0.5, 0.6) is 0 Å². The molecule has 2 aliphatic carbocycles. The lowest BCUT2D eigenvalue weighted by Gasteiger charge is -2.45. The Hall–Kier alpha value is -5.80. The third-order valence-corrected chi connectivity index (χ3v) is 13.8. The second-order valence-electron chi connectivity index (χ2n) is 19.6. The third kappa shape index (κ3) is 5.83. The van der Waals surface area contributed by atoms with E-state index in [1.165, 1.54) is 110 Å². The number of aryl methyl sites for hydroxylation is 2. The molecule has 0 fully saturated rings. The number of fused-ring (bicyclic) bond motifs is 6. The van der Waals surface area contributed by atoms with Crippen molar-refractivity contribution >= 4 is 57.2 Å². The highest BCUT2D eigenvalue weighted by atomic mass is 15.2. The molecule has 0 radical (unpaired) electrons. The molecule has 11 rings (SSSR count). The van der Waals surface area contributed by atoms with Crippen LogP contribution in [0.2, 0.25) is 0 Å². The molecule has 59 heavy (non-hydrogen) atoms. The quantitative estimate of drug-likeness (QED) is 0.165. The lowest BCUT2D eigenvalue weighted by atomic mass is 9.33. The summed E-state index contributed by atoms with van der Waals surface area (Å²) in [5.41, 5.74) is 26.1. The number of anilines is 6. The van der Waals surface area contributed by atoms with E-state index in [9.17, 15) is 0 Å². The Balaban J connectivity index is 1.24. The smallest absolute Gasteiger partial charge is 0.252 e. The largest absolute Gasteiger partial charge is 0.311 e. The van der Waals surface area contributed by atoms with Crippen LogP contribution in [0.15, 0.2) is 140 Å². The minimum Gasteiger partial charge on any atom is -0.311 e. The minimum absolute atomic E-state index is 0.00467.